The van der Waals surface area contributed by atoms with Crippen LogP contribution in [0, 0.1) is 5.82 Å². The smallest absolute Gasteiger partial charge is 0.250 e. The lowest BCUT2D eigenvalue weighted by Gasteiger charge is -2.19. The van der Waals surface area contributed by atoms with E-state index in [2.05, 4.69) is 0 Å². The Morgan fingerprint density at radius 3 is 2.47 bits per heavy atom. The Labute approximate surface area is 89.0 Å². The molecule has 0 heterocycles. The Balaban J connectivity index is 2.92. The van der Waals surface area contributed by atoms with E-state index in [-0.39, 0.29) is 11.7 Å². The van der Waals surface area contributed by atoms with Gasteiger partial charge in [0.1, 0.15) is 5.82 Å². The summed E-state index contributed by atoms with van der Waals surface area (Å²) in [6.45, 7) is 4.23. The predicted octanol–water partition coefficient (Wildman–Crippen LogP) is 2.75. The fraction of sp³-hybridized carbons (Fsp3) is 0.250. The van der Waals surface area contributed by atoms with E-state index in [0.717, 1.165) is 0 Å². The topological polar surface area (TPSA) is 20.3 Å². The molecule has 0 aliphatic heterocycles. The monoisotopic (exact) mass is 207 g/mol. The number of hydrogen-bond donors (Lipinski definition) is 0. The standard InChI is InChI=1S/C12H14FNO/c1-3-5-12(15)14(4-2)11-8-6-10(13)7-9-11/h3,5-9H,4H2,1-2H3/b5-3+. The molecule has 1 aromatic carbocycles. The number of anilines is 1. The first-order valence-corrected chi connectivity index (χ1v) is 4.88. The maximum atomic E-state index is 12.7. The number of carbonyl (C=O) groups is 1. The molecule has 0 N–H and O–H groups in total. The summed E-state index contributed by atoms with van der Waals surface area (Å²) in [7, 11) is 0. The van der Waals surface area contributed by atoms with Gasteiger partial charge in [-0.2, -0.15) is 0 Å². The molecule has 3 heteroatoms. The number of halogens is 1. The predicted molar refractivity (Wildman–Crippen MR) is 59.2 cm³/mol. The van der Waals surface area contributed by atoms with Gasteiger partial charge in [0.2, 0.25) is 0 Å². The van der Waals surface area contributed by atoms with E-state index in [0.29, 0.717) is 12.2 Å². The molecule has 0 spiro atoms. The number of likely N-dealkylation sites (N-methyl/N-ethyl adjacent to an activating group) is 1. The molecule has 0 saturated carbocycles. The first-order chi connectivity index (χ1) is 7.19. The van der Waals surface area contributed by atoms with Crippen molar-refractivity contribution in [1.29, 1.82) is 0 Å². The van der Waals surface area contributed by atoms with Crippen LogP contribution in [0.4, 0.5) is 10.1 Å². The van der Waals surface area contributed by atoms with Crippen LogP contribution < -0.4 is 4.90 Å². The van der Waals surface area contributed by atoms with Gasteiger partial charge in [0.05, 0.1) is 0 Å². The highest BCUT2D eigenvalue weighted by Crippen LogP contribution is 2.14. The molecular formula is C12H14FNO. The van der Waals surface area contributed by atoms with Gasteiger partial charge in [-0.3, -0.25) is 4.79 Å². The van der Waals surface area contributed by atoms with Gasteiger partial charge < -0.3 is 4.90 Å². The van der Waals surface area contributed by atoms with E-state index in [4.69, 9.17) is 0 Å². The third-order valence-corrected chi connectivity index (χ3v) is 2.03. The molecule has 0 radical (unpaired) electrons. The summed E-state index contributed by atoms with van der Waals surface area (Å²) in [4.78, 5) is 13.2. The Morgan fingerprint density at radius 1 is 1.40 bits per heavy atom. The van der Waals surface area contributed by atoms with Crippen LogP contribution in [0.15, 0.2) is 36.4 Å². The molecule has 0 unspecified atom stereocenters. The van der Waals surface area contributed by atoms with E-state index in [1.54, 1.807) is 30.0 Å². The molecule has 0 saturated heterocycles. The molecule has 0 fully saturated rings. The van der Waals surface area contributed by atoms with E-state index in [9.17, 15) is 9.18 Å². The molecule has 0 bridgehead atoms. The number of hydrogen-bond acceptors (Lipinski definition) is 1. The first-order valence-electron chi connectivity index (χ1n) is 4.88. The summed E-state index contributed by atoms with van der Waals surface area (Å²) in [6, 6.07) is 5.89. The zero-order chi connectivity index (χ0) is 11.3. The number of allylic oxidation sites excluding steroid dienone is 1. The van der Waals surface area contributed by atoms with Crippen molar-refractivity contribution in [3.05, 3.63) is 42.2 Å². The van der Waals surface area contributed by atoms with Crippen LogP contribution >= 0.6 is 0 Å². The van der Waals surface area contributed by atoms with Crippen LogP contribution in [0.3, 0.4) is 0 Å². The second kappa shape index (κ2) is 5.29. The maximum absolute atomic E-state index is 12.7. The highest BCUT2D eigenvalue weighted by atomic mass is 19.1. The lowest BCUT2D eigenvalue weighted by molar-refractivity contribution is -0.114. The third-order valence-electron chi connectivity index (χ3n) is 2.03. The average molecular weight is 207 g/mol. The Bertz CT molecular complexity index is 356. The van der Waals surface area contributed by atoms with Crippen LogP contribution in [0.1, 0.15) is 13.8 Å². The summed E-state index contributed by atoms with van der Waals surface area (Å²) in [5.74, 6) is -0.389. The van der Waals surface area contributed by atoms with Crippen molar-refractivity contribution in [2.75, 3.05) is 11.4 Å². The minimum absolute atomic E-state index is 0.0911. The zero-order valence-corrected chi connectivity index (χ0v) is 8.90. The molecule has 0 atom stereocenters. The number of benzene rings is 1. The van der Waals surface area contributed by atoms with Crippen LogP contribution in [0.5, 0.6) is 0 Å². The Morgan fingerprint density at radius 2 is 2.00 bits per heavy atom. The van der Waals surface area contributed by atoms with E-state index < -0.39 is 0 Å². The van der Waals surface area contributed by atoms with Crippen molar-refractivity contribution in [3.8, 4) is 0 Å². The highest BCUT2D eigenvalue weighted by Gasteiger charge is 2.09. The Kier molecular flexibility index (Phi) is 4.03. The van der Waals surface area contributed by atoms with Gasteiger partial charge in [-0.15, -0.1) is 0 Å². The van der Waals surface area contributed by atoms with Crippen molar-refractivity contribution in [2.24, 2.45) is 0 Å². The lowest BCUT2D eigenvalue weighted by atomic mass is 10.2. The largest absolute Gasteiger partial charge is 0.309 e. The van der Waals surface area contributed by atoms with Crippen molar-refractivity contribution in [1.82, 2.24) is 0 Å². The van der Waals surface area contributed by atoms with Gasteiger partial charge in [-0.25, -0.2) is 4.39 Å². The first kappa shape index (κ1) is 11.4. The van der Waals surface area contributed by atoms with Gasteiger partial charge >= 0.3 is 0 Å². The minimum Gasteiger partial charge on any atom is -0.309 e. The molecule has 80 valence electrons. The lowest BCUT2D eigenvalue weighted by Crippen LogP contribution is -2.28. The van der Waals surface area contributed by atoms with Gasteiger partial charge in [0.25, 0.3) is 5.91 Å². The second-order valence-electron chi connectivity index (χ2n) is 3.06. The number of carbonyl (C=O) groups excluding carboxylic acids is 1. The number of amides is 1. The SMILES string of the molecule is C/C=C/C(=O)N(CC)c1ccc(F)cc1. The quantitative estimate of drug-likeness (QED) is 0.698. The zero-order valence-electron chi connectivity index (χ0n) is 8.90. The molecule has 15 heavy (non-hydrogen) atoms. The minimum atomic E-state index is -0.298. The summed E-state index contributed by atoms with van der Waals surface area (Å²) < 4.78 is 12.7. The van der Waals surface area contributed by atoms with Crippen molar-refractivity contribution >= 4 is 11.6 Å². The van der Waals surface area contributed by atoms with E-state index in [1.807, 2.05) is 6.92 Å². The van der Waals surface area contributed by atoms with Gasteiger partial charge in [0.15, 0.2) is 0 Å². The van der Waals surface area contributed by atoms with Crippen molar-refractivity contribution in [2.45, 2.75) is 13.8 Å². The maximum Gasteiger partial charge on any atom is 0.250 e. The van der Waals surface area contributed by atoms with Gasteiger partial charge in [0, 0.05) is 12.2 Å². The molecule has 0 aromatic heterocycles. The summed E-state index contributed by atoms with van der Waals surface area (Å²) in [5.41, 5.74) is 0.710. The molecule has 1 amide bonds. The Hall–Kier alpha value is -1.64. The van der Waals surface area contributed by atoms with Gasteiger partial charge in [-0.05, 0) is 44.2 Å². The number of nitrogens with zero attached hydrogens (tertiary/aromatic N) is 1. The summed E-state index contributed by atoms with van der Waals surface area (Å²) in [6.07, 6.45) is 3.18. The molecular weight excluding hydrogens is 193 g/mol. The molecule has 1 aromatic rings. The molecule has 2 nitrogen and oxygen atoms in total. The summed E-state index contributed by atoms with van der Waals surface area (Å²) in [5, 5.41) is 0. The molecule has 0 aliphatic carbocycles. The van der Waals surface area contributed by atoms with Gasteiger partial charge in [-0.1, -0.05) is 6.08 Å². The molecule has 0 aliphatic rings. The number of rotatable bonds is 3. The average Bonchev–Trinajstić information content (AvgIpc) is 2.22. The highest BCUT2D eigenvalue weighted by molar-refractivity contribution is 6.01. The third kappa shape index (κ3) is 2.91. The van der Waals surface area contributed by atoms with Crippen molar-refractivity contribution in [3.63, 3.8) is 0 Å². The van der Waals surface area contributed by atoms with E-state index in [1.165, 1.54) is 18.2 Å². The van der Waals surface area contributed by atoms with Crippen LogP contribution in [-0.2, 0) is 4.79 Å². The second-order valence-corrected chi connectivity index (χ2v) is 3.06. The van der Waals surface area contributed by atoms with E-state index >= 15 is 0 Å². The normalized spacial score (nSPS) is 10.6. The van der Waals surface area contributed by atoms with Crippen molar-refractivity contribution < 1.29 is 9.18 Å². The fourth-order valence-corrected chi connectivity index (χ4v) is 1.32. The molecule has 1 rings (SSSR count). The van der Waals surface area contributed by atoms with Crippen LogP contribution in [0.25, 0.3) is 0 Å². The van der Waals surface area contributed by atoms with Crippen LogP contribution in [0.2, 0.25) is 0 Å². The van der Waals surface area contributed by atoms with Crippen LogP contribution in [-0.4, -0.2) is 12.5 Å². The summed E-state index contributed by atoms with van der Waals surface area (Å²) >= 11 is 0. The fourth-order valence-electron chi connectivity index (χ4n) is 1.32.